The number of carbonyl (C=O) groups excluding carboxylic acids is 1. The van der Waals surface area contributed by atoms with Gasteiger partial charge in [0.25, 0.3) is 5.91 Å². The van der Waals surface area contributed by atoms with Crippen LogP contribution in [0.5, 0.6) is 5.75 Å². The monoisotopic (exact) mass is 540 g/mol. The summed E-state index contributed by atoms with van der Waals surface area (Å²) in [4.78, 5) is 18.1. The molecule has 1 unspecified atom stereocenters. The molecule has 0 bridgehead atoms. The van der Waals surface area contributed by atoms with Crippen LogP contribution in [0, 0.1) is 12.7 Å². The number of H-pyrrole nitrogens is 1. The molecule has 4 aromatic rings. The lowest BCUT2D eigenvalue weighted by Gasteiger charge is -2.27. The number of benzene rings is 3. The highest BCUT2D eigenvalue weighted by Gasteiger charge is 2.23. The van der Waals surface area contributed by atoms with Gasteiger partial charge in [0.2, 0.25) is 0 Å². The molecule has 1 aliphatic rings. The molecule has 1 aliphatic heterocycles. The van der Waals surface area contributed by atoms with Crippen molar-refractivity contribution in [3.63, 3.8) is 0 Å². The van der Waals surface area contributed by atoms with Crippen molar-refractivity contribution in [1.82, 2.24) is 20.0 Å². The second-order valence-electron chi connectivity index (χ2n) is 10.7. The van der Waals surface area contributed by atoms with Crippen LogP contribution in [0.2, 0.25) is 0 Å². The molecule has 0 saturated heterocycles. The summed E-state index contributed by atoms with van der Waals surface area (Å²) in [6, 6.07) is 23.2. The average molecular weight is 541 g/mol. The second kappa shape index (κ2) is 12.9. The molecule has 1 N–H and O–H groups in total. The third-order valence-electron chi connectivity index (χ3n) is 7.66. The van der Waals surface area contributed by atoms with Crippen LogP contribution in [0.3, 0.4) is 0 Å². The molecule has 40 heavy (non-hydrogen) atoms. The zero-order chi connectivity index (χ0) is 27.9. The predicted molar refractivity (Wildman–Crippen MR) is 156 cm³/mol. The minimum absolute atomic E-state index is 0.135. The molecule has 5 rings (SSSR count). The molecule has 0 fully saturated rings. The second-order valence-corrected chi connectivity index (χ2v) is 10.7. The fraction of sp³-hybridized carbons (Fsp3) is 0.333. The molecular weight excluding hydrogens is 503 g/mol. The lowest BCUT2D eigenvalue weighted by Crippen LogP contribution is -2.36. The van der Waals surface area contributed by atoms with Gasteiger partial charge in [0.05, 0.1) is 24.0 Å². The third kappa shape index (κ3) is 6.77. The predicted octanol–water partition coefficient (Wildman–Crippen LogP) is 6.44. The molecule has 1 amide bonds. The summed E-state index contributed by atoms with van der Waals surface area (Å²) < 4.78 is 20.2. The maximum absolute atomic E-state index is 14.0. The van der Waals surface area contributed by atoms with E-state index < -0.39 is 0 Å². The number of halogens is 1. The minimum atomic E-state index is -0.358. The number of aromatic amines is 1. The Labute approximate surface area is 235 Å². The van der Waals surface area contributed by atoms with Gasteiger partial charge in [-0.1, -0.05) is 60.2 Å². The van der Waals surface area contributed by atoms with Gasteiger partial charge in [-0.15, -0.1) is 0 Å². The lowest BCUT2D eigenvalue weighted by molar-refractivity contribution is 0.0725. The van der Waals surface area contributed by atoms with E-state index in [0.29, 0.717) is 42.4 Å². The number of aryl methyl sites for hydroxylation is 1. The molecule has 2 heterocycles. The number of fused-ring (bicyclic) bond motifs is 1. The Kier molecular flexibility index (Phi) is 8.91. The number of aromatic nitrogens is 2. The van der Waals surface area contributed by atoms with Crippen LogP contribution in [-0.2, 0) is 6.54 Å². The van der Waals surface area contributed by atoms with Crippen molar-refractivity contribution in [1.29, 1.82) is 0 Å². The summed E-state index contributed by atoms with van der Waals surface area (Å²) in [7, 11) is 2.17. The number of rotatable bonds is 3. The highest BCUT2D eigenvalue weighted by Crippen LogP contribution is 2.28. The quantitative estimate of drug-likeness (QED) is 0.325. The standard InChI is InChI=1S/C33H37FN4O2/c1-24-13-14-31-28(20-24)23-37(2)17-15-26(25-8-4-3-5-9-25)11-7-16-38(18-19-40-31)33(39)30-22-35-36-32(30)27-10-6-12-29(34)21-27/h3-6,8-10,12-14,20-22,26H,7,11,15-19,23H2,1-2H3,(H,35,36). The van der Waals surface area contributed by atoms with E-state index >= 15 is 0 Å². The van der Waals surface area contributed by atoms with E-state index in [1.165, 1.54) is 29.5 Å². The Bertz CT molecular complexity index is 1420. The van der Waals surface area contributed by atoms with Gasteiger partial charge in [-0.2, -0.15) is 5.10 Å². The first-order valence-electron chi connectivity index (χ1n) is 14.0. The number of nitrogens with zero attached hydrogens (tertiary/aromatic N) is 3. The fourth-order valence-corrected chi connectivity index (χ4v) is 5.51. The SMILES string of the molecule is Cc1ccc2c(c1)CN(C)CCC(c1ccccc1)CCCN(C(=O)c1cn[nH]c1-c1cccc(F)c1)CCO2. The van der Waals surface area contributed by atoms with Crippen molar-refractivity contribution in [3.8, 4) is 17.0 Å². The van der Waals surface area contributed by atoms with E-state index in [9.17, 15) is 9.18 Å². The number of hydrogen-bond donors (Lipinski definition) is 1. The van der Waals surface area contributed by atoms with Crippen LogP contribution in [-0.4, -0.2) is 59.2 Å². The first-order chi connectivity index (χ1) is 19.5. The largest absolute Gasteiger partial charge is 0.491 e. The number of nitrogens with one attached hydrogen (secondary N) is 1. The van der Waals surface area contributed by atoms with E-state index in [1.807, 2.05) is 11.0 Å². The van der Waals surface area contributed by atoms with Crippen LogP contribution in [0.1, 0.15) is 52.2 Å². The van der Waals surface area contributed by atoms with Gasteiger partial charge >= 0.3 is 0 Å². The highest BCUT2D eigenvalue weighted by molar-refractivity contribution is 5.99. The number of carbonyl (C=O) groups is 1. The van der Waals surface area contributed by atoms with Crippen molar-refractivity contribution in [3.05, 3.63) is 107 Å². The summed E-state index contributed by atoms with van der Waals surface area (Å²) in [5, 5.41) is 7.04. The molecule has 0 spiro atoms. The summed E-state index contributed by atoms with van der Waals surface area (Å²) >= 11 is 0. The normalized spacial score (nSPS) is 17.5. The molecule has 0 radical (unpaired) electrons. The minimum Gasteiger partial charge on any atom is -0.491 e. The topological polar surface area (TPSA) is 61.5 Å². The average Bonchev–Trinajstić information content (AvgIpc) is 3.45. The summed E-state index contributed by atoms with van der Waals surface area (Å²) in [5.41, 5.74) is 5.23. The Balaban J connectivity index is 1.42. The zero-order valence-electron chi connectivity index (χ0n) is 23.3. The van der Waals surface area contributed by atoms with E-state index in [1.54, 1.807) is 12.1 Å². The highest BCUT2D eigenvalue weighted by atomic mass is 19.1. The molecule has 1 atom stereocenters. The molecule has 0 saturated carbocycles. The molecule has 208 valence electrons. The van der Waals surface area contributed by atoms with Gasteiger partial charge < -0.3 is 14.5 Å². The first-order valence-corrected chi connectivity index (χ1v) is 14.0. The smallest absolute Gasteiger partial charge is 0.257 e. The molecule has 1 aromatic heterocycles. The van der Waals surface area contributed by atoms with Crippen LogP contribution in [0.25, 0.3) is 11.3 Å². The van der Waals surface area contributed by atoms with E-state index in [4.69, 9.17) is 4.74 Å². The van der Waals surface area contributed by atoms with Gasteiger partial charge in [0, 0.05) is 24.2 Å². The fourth-order valence-electron chi connectivity index (χ4n) is 5.51. The number of amides is 1. The van der Waals surface area contributed by atoms with Gasteiger partial charge in [0.1, 0.15) is 18.2 Å². The molecule has 6 nitrogen and oxygen atoms in total. The van der Waals surface area contributed by atoms with Crippen LogP contribution in [0.15, 0.2) is 79.0 Å². The maximum Gasteiger partial charge on any atom is 0.257 e. The van der Waals surface area contributed by atoms with Crippen LogP contribution < -0.4 is 4.74 Å². The van der Waals surface area contributed by atoms with Crippen LogP contribution >= 0.6 is 0 Å². The Morgan fingerprint density at radius 3 is 2.67 bits per heavy atom. The van der Waals surface area contributed by atoms with Gasteiger partial charge in [0.15, 0.2) is 0 Å². The third-order valence-corrected chi connectivity index (χ3v) is 7.66. The molecular formula is C33H37FN4O2. The Morgan fingerprint density at radius 1 is 1.00 bits per heavy atom. The first kappa shape index (κ1) is 27.6. The van der Waals surface area contributed by atoms with E-state index in [2.05, 4.69) is 71.5 Å². The van der Waals surface area contributed by atoms with Crippen LogP contribution in [0.4, 0.5) is 4.39 Å². The van der Waals surface area contributed by atoms with Gasteiger partial charge in [-0.05, 0) is 69.5 Å². The number of ether oxygens (including phenoxy) is 1. The Hall–Kier alpha value is -3.97. The number of hydrogen-bond acceptors (Lipinski definition) is 4. The maximum atomic E-state index is 14.0. The van der Waals surface area contributed by atoms with Crippen molar-refractivity contribution in [2.75, 3.05) is 33.3 Å². The van der Waals surface area contributed by atoms with E-state index in [-0.39, 0.29) is 11.7 Å². The van der Waals surface area contributed by atoms with Crippen molar-refractivity contribution >= 4 is 5.91 Å². The van der Waals surface area contributed by atoms with Crippen molar-refractivity contribution in [2.24, 2.45) is 0 Å². The van der Waals surface area contributed by atoms with Crippen molar-refractivity contribution in [2.45, 2.75) is 38.6 Å². The summed E-state index contributed by atoms with van der Waals surface area (Å²) in [5.74, 6) is 0.756. The lowest BCUT2D eigenvalue weighted by atomic mass is 9.90. The van der Waals surface area contributed by atoms with Gasteiger partial charge in [-0.3, -0.25) is 9.89 Å². The Morgan fingerprint density at radius 2 is 1.85 bits per heavy atom. The molecule has 0 aliphatic carbocycles. The molecule has 7 heteroatoms. The summed E-state index contributed by atoms with van der Waals surface area (Å²) in [6.45, 7) is 5.26. The summed E-state index contributed by atoms with van der Waals surface area (Å²) in [6.07, 6.45) is 4.40. The van der Waals surface area contributed by atoms with Crippen molar-refractivity contribution < 1.29 is 13.9 Å². The zero-order valence-corrected chi connectivity index (χ0v) is 23.3. The van der Waals surface area contributed by atoms with E-state index in [0.717, 1.165) is 43.7 Å². The van der Waals surface area contributed by atoms with Gasteiger partial charge in [-0.25, -0.2) is 4.39 Å². The molecule has 3 aromatic carbocycles.